The van der Waals surface area contributed by atoms with Gasteiger partial charge in [-0.2, -0.15) is 0 Å². The SMILES string of the molecule is CC(=O)[C@@H]1CCCCN1C(=O)c1cccc(-n2cc[nH]c2=O)c1. The van der Waals surface area contributed by atoms with Crippen molar-refractivity contribution in [3.63, 3.8) is 0 Å². The van der Waals surface area contributed by atoms with Gasteiger partial charge >= 0.3 is 5.69 Å². The zero-order valence-electron chi connectivity index (χ0n) is 13.0. The highest BCUT2D eigenvalue weighted by molar-refractivity contribution is 5.98. The molecule has 1 saturated heterocycles. The van der Waals surface area contributed by atoms with Gasteiger partial charge in [0.25, 0.3) is 5.91 Å². The van der Waals surface area contributed by atoms with Gasteiger partial charge in [0.1, 0.15) is 0 Å². The molecule has 1 atom stereocenters. The molecule has 6 nitrogen and oxygen atoms in total. The highest BCUT2D eigenvalue weighted by Crippen LogP contribution is 2.21. The Morgan fingerprint density at radius 2 is 2.09 bits per heavy atom. The topological polar surface area (TPSA) is 75.2 Å². The number of carbonyl (C=O) groups is 2. The Balaban J connectivity index is 1.92. The Morgan fingerprint density at radius 3 is 2.78 bits per heavy atom. The fraction of sp³-hybridized carbons (Fsp3) is 0.353. The lowest BCUT2D eigenvalue weighted by Gasteiger charge is -2.34. The van der Waals surface area contributed by atoms with Gasteiger partial charge in [0.15, 0.2) is 5.78 Å². The number of ketones is 1. The highest BCUT2D eigenvalue weighted by atomic mass is 16.2. The number of nitrogens with one attached hydrogen (secondary N) is 1. The first-order valence-electron chi connectivity index (χ1n) is 7.76. The number of Topliss-reactive ketones (excluding diaryl/α,β-unsaturated/α-hetero) is 1. The molecule has 0 radical (unpaired) electrons. The van der Waals surface area contributed by atoms with E-state index in [1.807, 2.05) is 0 Å². The smallest absolute Gasteiger partial charge is 0.329 e. The van der Waals surface area contributed by atoms with Crippen molar-refractivity contribution in [3.05, 3.63) is 52.7 Å². The molecule has 1 amide bonds. The molecule has 0 aliphatic carbocycles. The number of hydrogen-bond acceptors (Lipinski definition) is 3. The van der Waals surface area contributed by atoms with E-state index in [4.69, 9.17) is 0 Å². The van der Waals surface area contributed by atoms with Gasteiger partial charge in [-0.1, -0.05) is 6.07 Å². The van der Waals surface area contributed by atoms with Crippen LogP contribution in [0.15, 0.2) is 41.5 Å². The van der Waals surface area contributed by atoms with Crippen LogP contribution in [0.4, 0.5) is 0 Å². The van der Waals surface area contributed by atoms with Crippen LogP contribution in [-0.2, 0) is 4.79 Å². The van der Waals surface area contributed by atoms with Crippen molar-refractivity contribution in [2.45, 2.75) is 32.2 Å². The maximum Gasteiger partial charge on any atom is 0.330 e. The van der Waals surface area contributed by atoms with E-state index in [1.54, 1.807) is 41.6 Å². The molecule has 3 rings (SSSR count). The molecule has 0 spiro atoms. The van der Waals surface area contributed by atoms with Crippen molar-refractivity contribution in [1.82, 2.24) is 14.5 Å². The summed E-state index contributed by atoms with van der Waals surface area (Å²) in [6, 6.07) is 6.58. The lowest BCUT2D eigenvalue weighted by Crippen LogP contribution is -2.47. The minimum Gasteiger partial charge on any atom is -0.329 e. The monoisotopic (exact) mass is 313 g/mol. The van der Waals surface area contributed by atoms with Crippen LogP contribution in [-0.4, -0.2) is 38.7 Å². The van der Waals surface area contributed by atoms with Crippen molar-refractivity contribution in [1.29, 1.82) is 0 Å². The van der Waals surface area contributed by atoms with Gasteiger partial charge in [-0.3, -0.25) is 14.2 Å². The molecule has 2 heterocycles. The van der Waals surface area contributed by atoms with Gasteiger partial charge in [0.05, 0.1) is 11.7 Å². The Hall–Kier alpha value is -2.63. The number of aromatic nitrogens is 2. The van der Waals surface area contributed by atoms with E-state index in [1.165, 1.54) is 11.5 Å². The van der Waals surface area contributed by atoms with E-state index in [0.717, 1.165) is 19.3 Å². The van der Waals surface area contributed by atoms with E-state index in [-0.39, 0.29) is 23.4 Å². The van der Waals surface area contributed by atoms with Gasteiger partial charge in [0.2, 0.25) is 0 Å². The predicted octanol–water partition coefficient (Wildman–Crippen LogP) is 1.75. The van der Waals surface area contributed by atoms with E-state index in [2.05, 4.69) is 4.98 Å². The zero-order valence-corrected chi connectivity index (χ0v) is 13.0. The fourth-order valence-corrected chi connectivity index (χ4v) is 3.08. The molecule has 1 aromatic heterocycles. The van der Waals surface area contributed by atoms with Crippen molar-refractivity contribution in [2.24, 2.45) is 0 Å². The number of nitrogens with zero attached hydrogens (tertiary/aromatic N) is 2. The highest BCUT2D eigenvalue weighted by Gasteiger charge is 2.30. The summed E-state index contributed by atoms with van der Waals surface area (Å²) in [5, 5.41) is 0. The summed E-state index contributed by atoms with van der Waals surface area (Å²) in [7, 11) is 0. The van der Waals surface area contributed by atoms with Crippen LogP contribution in [0.25, 0.3) is 5.69 Å². The maximum absolute atomic E-state index is 12.8. The molecule has 1 aliphatic rings. The number of rotatable bonds is 3. The number of H-pyrrole nitrogens is 1. The molecule has 0 unspecified atom stereocenters. The van der Waals surface area contributed by atoms with E-state index >= 15 is 0 Å². The van der Waals surface area contributed by atoms with Gasteiger partial charge in [-0.15, -0.1) is 0 Å². The average molecular weight is 313 g/mol. The number of piperidine rings is 1. The maximum atomic E-state index is 12.8. The Morgan fingerprint density at radius 1 is 1.26 bits per heavy atom. The molecule has 0 saturated carbocycles. The standard InChI is InChI=1S/C17H19N3O3/c1-12(21)15-7-2-3-9-20(15)16(22)13-5-4-6-14(11-13)19-10-8-18-17(19)23/h4-6,8,10-11,15H,2-3,7,9H2,1H3,(H,18,23)/t15-/m0/s1. The summed E-state index contributed by atoms with van der Waals surface area (Å²) in [5.41, 5.74) is 0.858. The van der Waals surface area contributed by atoms with E-state index in [0.29, 0.717) is 17.8 Å². The third-order valence-corrected chi connectivity index (χ3v) is 4.25. The summed E-state index contributed by atoms with van der Waals surface area (Å²) >= 11 is 0. The molecule has 1 fully saturated rings. The van der Waals surface area contributed by atoms with Crippen molar-refractivity contribution < 1.29 is 9.59 Å². The number of likely N-dealkylation sites (tertiary alicyclic amines) is 1. The second kappa shape index (κ2) is 6.24. The molecule has 6 heteroatoms. The fourth-order valence-electron chi connectivity index (χ4n) is 3.08. The first-order chi connectivity index (χ1) is 11.1. The van der Waals surface area contributed by atoms with Crippen LogP contribution in [0, 0.1) is 0 Å². The molecule has 1 N–H and O–H groups in total. The summed E-state index contributed by atoms with van der Waals surface area (Å²) < 4.78 is 1.44. The van der Waals surface area contributed by atoms with Crippen LogP contribution in [0.2, 0.25) is 0 Å². The Labute approximate surface area is 133 Å². The third kappa shape index (κ3) is 2.97. The predicted molar refractivity (Wildman–Crippen MR) is 85.7 cm³/mol. The summed E-state index contributed by atoms with van der Waals surface area (Å²) in [5.74, 6) is -0.133. The van der Waals surface area contributed by atoms with Gasteiger partial charge < -0.3 is 9.88 Å². The zero-order chi connectivity index (χ0) is 16.4. The number of benzene rings is 1. The lowest BCUT2D eigenvalue weighted by molar-refractivity contribution is -0.122. The van der Waals surface area contributed by atoms with Crippen LogP contribution in [0.5, 0.6) is 0 Å². The third-order valence-electron chi connectivity index (χ3n) is 4.25. The number of carbonyl (C=O) groups excluding carboxylic acids is 2. The molecule has 2 aromatic rings. The Bertz CT molecular complexity index is 790. The second-order valence-electron chi connectivity index (χ2n) is 5.81. The van der Waals surface area contributed by atoms with Gasteiger partial charge in [-0.25, -0.2) is 4.79 Å². The van der Waals surface area contributed by atoms with Crippen molar-refractivity contribution >= 4 is 11.7 Å². The quantitative estimate of drug-likeness (QED) is 0.938. The van der Waals surface area contributed by atoms with Crippen LogP contribution < -0.4 is 5.69 Å². The number of hydrogen-bond donors (Lipinski definition) is 1. The molecule has 0 bridgehead atoms. The molecule has 1 aromatic carbocycles. The molecule has 23 heavy (non-hydrogen) atoms. The van der Waals surface area contributed by atoms with E-state index in [9.17, 15) is 14.4 Å². The molecule has 120 valence electrons. The van der Waals surface area contributed by atoms with Crippen molar-refractivity contribution in [2.75, 3.05) is 6.54 Å². The molecular weight excluding hydrogens is 294 g/mol. The van der Waals surface area contributed by atoms with Gasteiger partial charge in [-0.05, 0) is 44.4 Å². The van der Waals surface area contributed by atoms with Crippen molar-refractivity contribution in [3.8, 4) is 5.69 Å². The van der Waals surface area contributed by atoms with Crippen LogP contribution in [0.1, 0.15) is 36.5 Å². The minimum absolute atomic E-state index is 0.0241. The van der Waals surface area contributed by atoms with Gasteiger partial charge in [0, 0.05) is 24.5 Å². The molecular formula is C17H19N3O3. The molecule has 1 aliphatic heterocycles. The van der Waals surface area contributed by atoms with Crippen LogP contribution in [0.3, 0.4) is 0 Å². The number of imidazole rings is 1. The number of amides is 1. The lowest BCUT2D eigenvalue weighted by atomic mass is 9.98. The summed E-state index contributed by atoms with van der Waals surface area (Å²) in [6.45, 7) is 2.13. The minimum atomic E-state index is -0.338. The summed E-state index contributed by atoms with van der Waals surface area (Å²) in [6.07, 6.45) is 5.76. The average Bonchev–Trinajstić information content (AvgIpc) is 3.00. The number of aromatic amines is 1. The largest absolute Gasteiger partial charge is 0.330 e. The van der Waals surface area contributed by atoms with Crippen LogP contribution >= 0.6 is 0 Å². The normalized spacial score (nSPS) is 18.0. The van der Waals surface area contributed by atoms with E-state index < -0.39 is 0 Å². The second-order valence-corrected chi connectivity index (χ2v) is 5.81. The Kier molecular flexibility index (Phi) is 4.14. The first-order valence-corrected chi connectivity index (χ1v) is 7.76. The first kappa shape index (κ1) is 15.3. The summed E-state index contributed by atoms with van der Waals surface area (Å²) in [4.78, 5) is 40.5.